The first-order valence-corrected chi connectivity index (χ1v) is 7.88. The fraction of sp³-hybridized carbons (Fsp3) is 1.00. The predicted molar refractivity (Wildman–Crippen MR) is 75.7 cm³/mol. The SMILES string of the molecule is CCCNC(C)C1CCCN(C2CCCC2O)C1. The van der Waals surface area contributed by atoms with Crippen LogP contribution < -0.4 is 5.32 Å². The number of hydrogen-bond acceptors (Lipinski definition) is 3. The highest BCUT2D eigenvalue weighted by atomic mass is 16.3. The first kappa shape index (κ1) is 14.3. The number of aliphatic hydroxyl groups excluding tert-OH is 1. The van der Waals surface area contributed by atoms with Gasteiger partial charge in [-0.25, -0.2) is 0 Å². The van der Waals surface area contributed by atoms with Crippen LogP contribution in [0.5, 0.6) is 0 Å². The molecule has 2 rings (SSSR count). The Morgan fingerprint density at radius 2 is 2.11 bits per heavy atom. The van der Waals surface area contributed by atoms with Crippen LogP contribution in [0.15, 0.2) is 0 Å². The van der Waals surface area contributed by atoms with E-state index in [1.807, 2.05) is 0 Å². The van der Waals surface area contributed by atoms with Gasteiger partial charge in [0.05, 0.1) is 6.10 Å². The minimum Gasteiger partial charge on any atom is -0.391 e. The minimum absolute atomic E-state index is 0.0670. The lowest BCUT2D eigenvalue weighted by atomic mass is 9.90. The van der Waals surface area contributed by atoms with Crippen molar-refractivity contribution in [1.29, 1.82) is 0 Å². The van der Waals surface area contributed by atoms with Crippen molar-refractivity contribution < 1.29 is 5.11 Å². The number of piperidine rings is 1. The second kappa shape index (κ2) is 6.88. The van der Waals surface area contributed by atoms with E-state index in [4.69, 9.17) is 0 Å². The van der Waals surface area contributed by atoms with E-state index in [2.05, 4.69) is 24.1 Å². The summed E-state index contributed by atoms with van der Waals surface area (Å²) in [5.74, 6) is 0.762. The van der Waals surface area contributed by atoms with Crippen molar-refractivity contribution >= 4 is 0 Å². The topological polar surface area (TPSA) is 35.5 Å². The summed E-state index contributed by atoms with van der Waals surface area (Å²) in [4.78, 5) is 2.57. The molecule has 0 aromatic carbocycles. The highest BCUT2D eigenvalue weighted by Gasteiger charge is 2.34. The summed E-state index contributed by atoms with van der Waals surface area (Å²) in [7, 11) is 0. The number of hydrogen-bond donors (Lipinski definition) is 2. The largest absolute Gasteiger partial charge is 0.391 e. The molecule has 4 atom stereocenters. The fourth-order valence-corrected chi connectivity index (χ4v) is 3.64. The van der Waals surface area contributed by atoms with E-state index in [-0.39, 0.29) is 6.10 Å². The van der Waals surface area contributed by atoms with E-state index < -0.39 is 0 Å². The van der Waals surface area contributed by atoms with Gasteiger partial charge < -0.3 is 10.4 Å². The highest BCUT2D eigenvalue weighted by molar-refractivity contribution is 4.89. The number of nitrogens with zero attached hydrogens (tertiary/aromatic N) is 1. The molecule has 0 aromatic rings. The zero-order valence-corrected chi connectivity index (χ0v) is 12.1. The molecule has 0 spiro atoms. The molecule has 1 saturated heterocycles. The molecule has 2 N–H and O–H groups in total. The molecular weight excluding hydrogens is 224 g/mol. The van der Waals surface area contributed by atoms with Crippen LogP contribution in [-0.2, 0) is 0 Å². The van der Waals surface area contributed by atoms with Crippen LogP contribution in [0.2, 0.25) is 0 Å². The lowest BCUT2D eigenvalue weighted by molar-refractivity contribution is 0.0374. The molecule has 1 aliphatic carbocycles. The summed E-state index contributed by atoms with van der Waals surface area (Å²) in [5.41, 5.74) is 0. The average molecular weight is 254 g/mol. The molecule has 2 aliphatic rings. The maximum Gasteiger partial charge on any atom is 0.0695 e. The van der Waals surface area contributed by atoms with Gasteiger partial charge in [0.25, 0.3) is 0 Å². The summed E-state index contributed by atoms with van der Waals surface area (Å²) >= 11 is 0. The smallest absolute Gasteiger partial charge is 0.0695 e. The Kier molecular flexibility index (Phi) is 5.46. The molecule has 3 nitrogen and oxygen atoms in total. The standard InChI is InChI=1S/C15H30N2O/c1-3-9-16-12(2)13-6-5-10-17(11-13)14-7-4-8-15(14)18/h12-16,18H,3-11H2,1-2H3. The summed E-state index contributed by atoms with van der Waals surface area (Å²) in [5, 5.41) is 13.7. The molecule has 18 heavy (non-hydrogen) atoms. The van der Waals surface area contributed by atoms with Crippen molar-refractivity contribution in [2.24, 2.45) is 5.92 Å². The van der Waals surface area contributed by atoms with Crippen LogP contribution in [0.4, 0.5) is 0 Å². The molecule has 0 aromatic heterocycles. The van der Waals surface area contributed by atoms with Crippen LogP contribution in [0.1, 0.15) is 52.4 Å². The predicted octanol–water partition coefficient (Wildman–Crippen LogP) is 2.00. The van der Waals surface area contributed by atoms with Gasteiger partial charge in [0, 0.05) is 18.6 Å². The third kappa shape index (κ3) is 3.46. The molecule has 4 unspecified atom stereocenters. The zero-order chi connectivity index (χ0) is 13.0. The second-order valence-electron chi connectivity index (χ2n) is 6.21. The van der Waals surface area contributed by atoms with Gasteiger partial charge in [0.15, 0.2) is 0 Å². The molecule has 0 amide bonds. The van der Waals surface area contributed by atoms with Crippen LogP contribution in [0.3, 0.4) is 0 Å². The monoisotopic (exact) mass is 254 g/mol. The Morgan fingerprint density at radius 3 is 2.78 bits per heavy atom. The van der Waals surface area contributed by atoms with Gasteiger partial charge in [-0.05, 0) is 64.5 Å². The Morgan fingerprint density at radius 1 is 1.28 bits per heavy atom. The van der Waals surface area contributed by atoms with Gasteiger partial charge >= 0.3 is 0 Å². The van der Waals surface area contributed by atoms with E-state index in [1.54, 1.807) is 0 Å². The second-order valence-corrected chi connectivity index (χ2v) is 6.21. The molecule has 2 fully saturated rings. The maximum atomic E-state index is 10.1. The molecular formula is C15H30N2O. The third-order valence-electron chi connectivity index (χ3n) is 4.83. The first-order chi connectivity index (χ1) is 8.72. The molecule has 0 radical (unpaired) electrons. The van der Waals surface area contributed by atoms with Crippen LogP contribution in [0.25, 0.3) is 0 Å². The fourth-order valence-electron chi connectivity index (χ4n) is 3.64. The molecule has 1 heterocycles. The van der Waals surface area contributed by atoms with Gasteiger partial charge in [0.2, 0.25) is 0 Å². The van der Waals surface area contributed by atoms with Crippen molar-refractivity contribution in [3.05, 3.63) is 0 Å². The van der Waals surface area contributed by atoms with Gasteiger partial charge in [-0.3, -0.25) is 4.90 Å². The number of aliphatic hydroxyl groups is 1. The van der Waals surface area contributed by atoms with Crippen LogP contribution >= 0.6 is 0 Å². The summed E-state index contributed by atoms with van der Waals surface area (Å²) in [6.45, 7) is 8.05. The van der Waals surface area contributed by atoms with Gasteiger partial charge in [-0.1, -0.05) is 6.92 Å². The average Bonchev–Trinajstić information content (AvgIpc) is 2.82. The summed E-state index contributed by atoms with van der Waals surface area (Å²) < 4.78 is 0. The first-order valence-electron chi connectivity index (χ1n) is 7.88. The summed E-state index contributed by atoms with van der Waals surface area (Å²) in [6, 6.07) is 1.07. The lowest BCUT2D eigenvalue weighted by Crippen LogP contribution is -2.50. The van der Waals surface area contributed by atoms with E-state index in [0.717, 1.165) is 18.9 Å². The zero-order valence-electron chi connectivity index (χ0n) is 12.1. The number of rotatable bonds is 5. The Balaban J connectivity index is 1.84. The molecule has 0 bridgehead atoms. The van der Waals surface area contributed by atoms with Gasteiger partial charge in [-0.15, -0.1) is 0 Å². The van der Waals surface area contributed by atoms with Crippen molar-refractivity contribution in [2.45, 2.75) is 70.6 Å². The number of nitrogens with one attached hydrogen (secondary N) is 1. The van der Waals surface area contributed by atoms with E-state index in [9.17, 15) is 5.11 Å². The Labute approximate surface area is 112 Å². The van der Waals surface area contributed by atoms with E-state index >= 15 is 0 Å². The van der Waals surface area contributed by atoms with Crippen molar-refractivity contribution in [1.82, 2.24) is 10.2 Å². The van der Waals surface area contributed by atoms with Crippen LogP contribution in [-0.4, -0.2) is 47.8 Å². The van der Waals surface area contributed by atoms with E-state index in [0.29, 0.717) is 12.1 Å². The number of likely N-dealkylation sites (tertiary alicyclic amines) is 1. The maximum absolute atomic E-state index is 10.1. The Hall–Kier alpha value is -0.120. The minimum atomic E-state index is -0.0670. The van der Waals surface area contributed by atoms with Crippen LogP contribution in [0, 0.1) is 5.92 Å². The normalized spacial score (nSPS) is 35.8. The lowest BCUT2D eigenvalue weighted by Gasteiger charge is -2.40. The van der Waals surface area contributed by atoms with Crippen molar-refractivity contribution in [3.8, 4) is 0 Å². The molecule has 106 valence electrons. The van der Waals surface area contributed by atoms with E-state index in [1.165, 1.54) is 45.2 Å². The van der Waals surface area contributed by atoms with Gasteiger partial charge in [0.1, 0.15) is 0 Å². The van der Waals surface area contributed by atoms with Crippen molar-refractivity contribution in [3.63, 3.8) is 0 Å². The van der Waals surface area contributed by atoms with Gasteiger partial charge in [-0.2, -0.15) is 0 Å². The Bertz CT molecular complexity index is 247. The summed E-state index contributed by atoms with van der Waals surface area (Å²) in [6.07, 6.45) is 7.20. The quantitative estimate of drug-likeness (QED) is 0.788. The molecule has 3 heteroatoms. The van der Waals surface area contributed by atoms with Crippen molar-refractivity contribution in [2.75, 3.05) is 19.6 Å². The third-order valence-corrected chi connectivity index (χ3v) is 4.83. The highest BCUT2D eigenvalue weighted by Crippen LogP contribution is 2.29. The molecule has 1 aliphatic heterocycles. The molecule has 1 saturated carbocycles.